The van der Waals surface area contributed by atoms with E-state index in [0.29, 0.717) is 0 Å². The van der Waals surface area contributed by atoms with Gasteiger partial charge >= 0.3 is 0 Å². The quantitative estimate of drug-likeness (QED) is 0.417. The highest BCUT2D eigenvalue weighted by Gasteiger charge is 2.19. The smallest absolute Gasteiger partial charge is 0.134 e. The van der Waals surface area contributed by atoms with Gasteiger partial charge in [0.05, 0.1) is 0 Å². The first-order chi connectivity index (χ1) is 8.49. The summed E-state index contributed by atoms with van der Waals surface area (Å²) in [6.45, 7) is 0. The van der Waals surface area contributed by atoms with Gasteiger partial charge in [-0.1, -0.05) is 0 Å². The summed E-state index contributed by atoms with van der Waals surface area (Å²) in [6, 6.07) is 6.31. The fraction of sp³-hybridized carbons (Fsp3) is 0. The van der Waals surface area contributed by atoms with Crippen molar-refractivity contribution in [3.8, 4) is 0 Å². The topological polar surface area (TPSA) is 0 Å². The van der Waals surface area contributed by atoms with E-state index in [-0.39, 0.29) is 10.6 Å². The largest absolute Gasteiger partial charge is 0.207 e. The fourth-order valence-corrected chi connectivity index (χ4v) is 4.93. The SMILES string of the molecule is Fc1ccc(P(I)c2ccc(F)cc2F)c(F)c1. The van der Waals surface area contributed by atoms with Crippen molar-refractivity contribution in [1.82, 2.24) is 0 Å². The molecule has 0 saturated heterocycles. The third-order valence-corrected chi connectivity index (χ3v) is 6.93. The number of hydrogen-bond acceptors (Lipinski definition) is 0. The van der Waals surface area contributed by atoms with E-state index in [1.165, 1.54) is 12.1 Å². The first-order valence-corrected chi connectivity index (χ1v) is 8.98. The summed E-state index contributed by atoms with van der Waals surface area (Å²) >= 11 is 1.89. The molecule has 0 spiro atoms. The van der Waals surface area contributed by atoms with Crippen molar-refractivity contribution in [2.45, 2.75) is 0 Å². The van der Waals surface area contributed by atoms with Crippen LogP contribution in [0.4, 0.5) is 17.6 Å². The van der Waals surface area contributed by atoms with Gasteiger partial charge in [-0.25, -0.2) is 17.6 Å². The number of benzene rings is 2. The Labute approximate surface area is 115 Å². The maximum Gasteiger partial charge on any atom is 0.134 e. The van der Waals surface area contributed by atoms with E-state index in [4.69, 9.17) is 0 Å². The summed E-state index contributed by atoms with van der Waals surface area (Å²) in [5.41, 5.74) is -1.35. The molecule has 0 N–H and O–H groups in total. The molecule has 0 nitrogen and oxygen atoms in total. The summed E-state index contributed by atoms with van der Waals surface area (Å²) in [7, 11) is 0. The van der Waals surface area contributed by atoms with Crippen LogP contribution >= 0.6 is 27.6 Å². The van der Waals surface area contributed by atoms with E-state index < -0.39 is 28.8 Å². The predicted octanol–water partition coefficient (Wildman–Crippen LogP) is 4.03. The van der Waals surface area contributed by atoms with Crippen LogP contribution in [0.5, 0.6) is 0 Å². The number of rotatable bonds is 2. The summed E-state index contributed by atoms with van der Waals surface area (Å²) in [5, 5.41) is 0.440. The standard InChI is InChI=1S/C12H6F4IP/c13-7-1-3-11(9(15)5-7)18(17)12-4-2-8(14)6-10(12)16/h1-6H. The van der Waals surface area contributed by atoms with Crippen LogP contribution in [0.3, 0.4) is 0 Å². The van der Waals surface area contributed by atoms with E-state index in [1.807, 2.05) is 22.0 Å². The van der Waals surface area contributed by atoms with Gasteiger partial charge in [0.25, 0.3) is 0 Å². The second kappa shape index (κ2) is 5.53. The van der Waals surface area contributed by atoms with Crippen molar-refractivity contribution in [3.05, 3.63) is 59.7 Å². The van der Waals surface area contributed by atoms with Crippen LogP contribution in [-0.4, -0.2) is 0 Å². The van der Waals surface area contributed by atoms with Crippen LogP contribution in [-0.2, 0) is 0 Å². The van der Waals surface area contributed by atoms with Crippen molar-refractivity contribution in [2.75, 3.05) is 0 Å². The van der Waals surface area contributed by atoms with E-state index in [1.54, 1.807) is 0 Å². The van der Waals surface area contributed by atoms with Gasteiger partial charge in [-0.15, -0.1) is 0 Å². The van der Waals surface area contributed by atoms with E-state index in [9.17, 15) is 17.6 Å². The Kier molecular flexibility index (Phi) is 4.22. The van der Waals surface area contributed by atoms with Gasteiger partial charge in [-0.3, -0.25) is 0 Å². The molecule has 94 valence electrons. The molecule has 0 heterocycles. The minimum Gasteiger partial charge on any atom is -0.207 e. The highest BCUT2D eigenvalue weighted by molar-refractivity contribution is 14.2. The second-order valence-electron chi connectivity index (χ2n) is 3.47. The molecule has 2 rings (SSSR count). The van der Waals surface area contributed by atoms with Gasteiger partial charge in [-0.05, 0) is 46.3 Å². The molecule has 0 unspecified atom stereocenters. The molecule has 0 radical (unpaired) electrons. The van der Waals surface area contributed by atoms with Crippen molar-refractivity contribution in [2.24, 2.45) is 0 Å². The first kappa shape index (κ1) is 13.7. The summed E-state index contributed by atoms with van der Waals surface area (Å²) < 4.78 is 52.7. The summed E-state index contributed by atoms with van der Waals surface area (Å²) in [6.07, 6.45) is 0. The van der Waals surface area contributed by atoms with Crippen molar-refractivity contribution in [1.29, 1.82) is 0 Å². The Bertz CT molecular complexity index is 537. The molecular weight excluding hydrogens is 378 g/mol. The second-order valence-corrected chi connectivity index (χ2v) is 7.89. The summed E-state index contributed by atoms with van der Waals surface area (Å²) in [5.74, 6) is -2.82. The van der Waals surface area contributed by atoms with Crippen molar-refractivity contribution < 1.29 is 17.6 Å². The molecule has 0 aliphatic heterocycles. The van der Waals surface area contributed by atoms with Crippen molar-refractivity contribution in [3.63, 3.8) is 0 Å². The summed E-state index contributed by atoms with van der Waals surface area (Å²) in [4.78, 5) is 0. The van der Waals surface area contributed by atoms with Crippen molar-refractivity contribution >= 4 is 38.2 Å². The molecule has 0 aromatic heterocycles. The Morgan fingerprint density at radius 1 is 0.722 bits per heavy atom. The maximum absolute atomic E-state index is 13.6. The predicted molar refractivity (Wildman–Crippen MR) is 72.9 cm³/mol. The Balaban J connectivity index is 2.44. The molecule has 0 amide bonds. The number of halogens is 5. The molecule has 0 saturated carbocycles. The molecule has 2 aromatic rings. The number of hydrogen-bond donors (Lipinski definition) is 0. The van der Waals surface area contributed by atoms with Gasteiger partial charge in [-0.2, -0.15) is 0 Å². The Morgan fingerprint density at radius 2 is 1.11 bits per heavy atom. The third kappa shape index (κ3) is 2.83. The highest BCUT2D eigenvalue weighted by atomic mass is 127. The molecule has 0 fully saturated rings. The molecule has 0 aliphatic carbocycles. The van der Waals surface area contributed by atoms with Crippen LogP contribution < -0.4 is 10.6 Å². The van der Waals surface area contributed by atoms with E-state index in [0.717, 1.165) is 24.3 Å². The average molecular weight is 384 g/mol. The molecule has 0 aliphatic rings. The van der Waals surface area contributed by atoms with Crippen LogP contribution in [0.15, 0.2) is 36.4 Å². The zero-order chi connectivity index (χ0) is 13.3. The lowest BCUT2D eigenvalue weighted by Crippen LogP contribution is -2.15. The molecular formula is C12H6F4IP. The van der Waals surface area contributed by atoms with Gasteiger partial charge in [0.2, 0.25) is 0 Å². The fourth-order valence-electron chi connectivity index (χ4n) is 1.41. The molecule has 0 bridgehead atoms. The highest BCUT2D eigenvalue weighted by Crippen LogP contribution is 2.44. The lowest BCUT2D eigenvalue weighted by Gasteiger charge is -2.12. The molecule has 2 aromatic carbocycles. The lowest BCUT2D eigenvalue weighted by atomic mass is 10.3. The maximum atomic E-state index is 13.6. The minimum atomic E-state index is -1.35. The van der Waals surface area contributed by atoms with Gasteiger partial charge in [0, 0.05) is 28.3 Å². The minimum absolute atomic E-state index is 0.220. The first-order valence-electron chi connectivity index (χ1n) is 4.85. The third-order valence-electron chi connectivity index (χ3n) is 2.24. The van der Waals surface area contributed by atoms with Crippen LogP contribution in [0, 0.1) is 23.3 Å². The van der Waals surface area contributed by atoms with Gasteiger partial charge in [0.15, 0.2) is 0 Å². The zero-order valence-corrected chi connectivity index (χ0v) is 11.9. The van der Waals surface area contributed by atoms with Crippen LogP contribution in [0.25, 0.3) is 0 Å². The molecule has 18 heavy (non-hydrogen) atoms. The zero-order valence-electron chi connectivity index (χ0n) is 8.80. The molecule has 6 heteroatoms. The Morgan fingerprint density at radius 3 is 1.44 bits per heavy atom. The monoisotopic (exact) mass is 384 g/mol. The molecule has 0 atom stereocenters. The lowest BCUT2D eigenvalue weighted by molar-refractivity contribution is 0.588. The van der Waals surface area contributed by atoms with Crippen LogP contribution in [0.2, 0.25) is 0 Å². The van der Waals surface area contributed by atoms with E-state index in [2.05, 4.69) is 0 Å². The average Bonchev–Trinajstić information content (AvgIpc) is 2.28. The van der Waals surface area contributed by atoms with Gasteiger partial charge < -0.3 is 0 Å². The van der Waals surface area contributed by atoms with Crippen LogP contribution in [0.1, 0.15) is 0 Å². The van der Waals surface area contributed by atoms with Gasteiger partial charge in [0.1, 0.15) is 23.3 Å². The normalized spacial score (nSPS) is 11.0. The Hall–Kier alpha value is -0.680. The van der Waals surface area contributed by atoms with E-state index >= 15 is 0 Å².